The first-order chi connectivity index (χ1) is 12.2. The third kappa shape index (κ3) is 3.09. The van der Waals surface area contributed by atoms with Crippen molar-refractivity contribution >= 4 is 33.3 Å². The molecule has 0 unspecified atom stereocenters. The number of aromatic nitrogens is 2. The third-order valence-electron chi connectivity index (χ3n) is 4.63. The van der Waals surface area contributed by atoms with Crippen LogP contribution in [-0.4, -0.2) is 47.5 Å². The van der Waals surface area contributed by atoms with E-state index in [1.54, 1.807) is 17.7 Å². The number of carbonyl (C=O) groups is 1. The molecule has 1 saturated heterocycles. The smallest absolute Gasteiger partial charge is 0.242 e. The number of fused-ring (bicyclic) bond motifs is 1. The van der Waals surface area contributed by atoms with Gasteiger partial charge in [0, 0.05) is 31.1 Å². The number of carbonyl (C=O) groups excluding carboxylic acids is 1. The van der Waals surface area contributed by atoms with Crippen molar-refractivity contribution in [3.05, 3.63) is 42.0 Å². The van der Waals surface area contributed by atoms with Crippen molar-refractivity contribution in [2.24, 2.45) is 0 Å². The van der Waals surface area contributed by atoms with Crippen molar-refractivity contribution in [3.63, 3.8) is 0 Å². The van der Waals surface area contributed by atoms with Gasteiger partial charge in [-0.05, 0) is 18.4 Å². The molecule has 0 radical (unpaired) electrons. The summed E-state index contributed by atoms with van der Waals surface area (Å²) in [5, 5.41) is 3.14. The van der Waals surface area contributed by atoms with Gasteiger partial charge in [0.05, 0.1) is 11.9 Å². The Balaban J connectivity index is 1.69. The predicted octanol–water partition coefficient (Wildman–Crippen LogP) is 3.42. The van der Waals surface area contributed by atoms with E-state index in [0.29, 0.717) is 6.54 Å². The van der Waals surface area contributed by atoms with E-state index in [-0.39, 0.29) is 5.91 Å². The molecule has 128 valence electrons. The second-order valence-electron chi connectivity index (χ2n) is 6.34. The van der Waals surface area contributed by atoms with Gasteiger partial charge in [-0.15, -0.1) is 11.3 Å². The molecule has 0 atom stereocenters. The molecule has 0 saturated carbocycles. The maximum Gasteiger partial charge on any atom is 0.242 e. The summed E-state index contributed by atoms with van der Waals surface area (Å²) in [7, 11) is 1.93. The molecule has 0 spiro atoms. The molecule has 0 bridgehead atoms. The quantitative estimate of drug-likeness (QED) is 0.722. The zero-order valence-electron chi connectivity index (χ0n) is 14.2. The number of hydrogen-bond acceptors (Lipinski definition) is 5. The molecule has 1 aromatic carbocycles. The van der Waals surface area contributed by atoms with Gasteiger partial charge in [0.25, 0.3) is 0 Å². The lowest BCUT2D eigenvalue weighted by Gasteiger charge is -2.22. The van der Waals surface area contributed by atoms with Crippen LogP contribution >= 0.6 is 11.3 Å². The van der Waals surface area contributed by atoms with Gasteiger partial charge in [-0.25, -0.2) is 9.97 Å². The van der Waals surface area contributed by atoms with Crippen molar-refractivity contribution in [2.75, 3.05) is 31.6 Å². The summed E-state index contributed by atoms with van der Waals surface area (Å²) < 4.78 is 0. The fourth-order valence-corrected chi connectivity index (χ4v) is 4.23. The highest BCUT2D eigenvalue weighted by Gasteiger charge is 2.22. The Hall–Kier alpha value is -2.47. The zero-order chi connectivity index (χ0) is 17.2. The second-order valence-corrected chi connectivity index (χ2v) is 7.19. The monoisotopic (exact) mass is 352 g/mol. The lowest BCUT2D eigenvalue weighted by molar-refractivity contribution is -0.128. The summed E-state index contributed by atoms with van der Waals surface area (Å²) in [6, 6.07) is 10.3. The number of anilines is 1. The molecule has 6 heteroatoms. The Labute approximate surface area is 150 Å². The van der Waals surface area contributed by atoms with Gasteiger partial charge in [-0.2, -0.15) is 0 Å². The molecular weight excluding hydrogens is 332 g/mol. The summed E-state index contributed by atoms with van der Waals surface area (Å²) in [4.78, 5) is 26.3. The first kappa shape index (κ1) is 16.0. The number of thiophene rings is 1. The summed E-state index contributed by atoms with van der Waals surface area (Å²) in [6.07, 6.45) is 3.80. The maximum absolute atomic E-state index is 12.5. The molecule has 4 rings (SSSR count). The molecule has 25 heavy (non-hydrogen) atoms. The van der Waals surface area contributed by atoms with E-state index in [1.165, 1.54) is 0 Å². The number of likely N-dealkylation sites (N-methyl/N-ethyl adjacent to an activating group) is 1. The molecular formula is C19H20N4OS. The van der Waals surface area contributed by atoms with Crippen molar-refractivity contribution in [2.45, 2.75) is 12.8 Å². The van der Waals surface area contributed by atoms with Gasteiger partial charge < -0.3 is 9.80 Å². The molecule has 5 nitrogen and oxygen atoms in total. The number of benzene rings is 1. The van der Waals surface area contributed by atoms with Crippen LogP contribution in [0.3, 0.4) is 0 Å². The molecule has 1 amide bonds. The van der Waals surface area contributed by atoms with E-state index in [2.05, 4.69) is 27.5 Å². The minimum Gasteiger partial charge on any atom is -0.350 e. The molecule has 3 aromatic rings. The highest BCUT2D eigenvalue weighted by atomic mass is 32.1. The first-order valence-electron chi connectivity index (χ1n) is 8.50. The van der Waals surface area contributed by atoms with Crippen LogP contribution in [0.4, 0.5) is 5.82 Å². The van der Waals surface area contributed by atoms with E-state index in [1.807, 2.05) is 35.0 Å². The van der Waals surface area contributed by atoms with Crippen LogP contribution in [0.15, 0.2) is 42.0 Å². The van der Waals surface area contributed by atoms with Gasteiger partial charge in [0.15, 0.2) is 0 Å². The molecule has 1 aliphatic rings. The Kier molecular flexibility index (Phi) is 4.36. The summed E-state index contributed by atoms with van der Waals surface area (Å²) in [5.74, 6) is 0.987. The Morgan fingerprint density at radius 3 is 2.72 bits per heavy atom. The van der Waals surface area contributed by atoms with E-state index in [4.69, 9.17) is 0 Å². The van der Waals surface area contributed by atoms with Crippen molar-refractivity contribution in [1.29, 1.82) is 0 Å². The molecule has 3 heterocycles. The van der Waals surface area contributed by atoms with E-state index < -0.39 is 0 Å². The zero-order valence-corrected chi connectivity index (χ0v) is 15.0. The van der Waals surface area contributed by atoms with E-state index in [0.717, 1.165) is 53.1 Å². The Morgan fingerprint density at radius 1 is 1.20 bits per heavy atom. The number of hydrogen-bond donors (Lipinski definition) is 0. The van der Waals surface area contributed by atoms with Crippen LogP contribution in [0.2, 0.25) is 0 Å². The second kappa shape index (κ2) is 6.80. The molecule has 0 N–H and O–H groups in total. The van der Waals surface area contributed by atoms with Crippen LogP contribution in [0.1, 0.15) is 12.8 Å². The number of rotatable bonds is 4. The summed E-state index contributed by atoms with van der Waals surface area (Å²) >= 11 is 1.61. The van der Waals surface area contributed by atoms with Gasteiger partial charge >= 0.3 is 0 Å². The lowest BCUT2D eigenvalue weighted by atomic mass is 10.1. The van der Waals surface area contributed by atoms with Crippen LogP contribution in [-0.2, 0) is 4.79 Å². The fourth-order valence-electron chi connectivity index (χ4n) is 3.32. The Bertz CT molecular complexity index is 887. The maximum atomic E-state index is 12.5. The topological polar surface area (TPSA) is 49.3 Å². The fraction of sp³-hybridized carbons (Fsp3) is 0.316. The van der Waals surface area contributed by atoms with Crippen molar-refractivity contribution < 1.29 is 4.79 Å². The minimum atomic E-state index is 0.170. The lowest BCUT2D eigenvalue weighted by Crippen LogP contribution is -2.37. The van der Waals surface area contributed by atoms with Gasteiger partial charge in [-0.3, -0.25) is 4.79 Å². The first-order valence-corrected chi connectivity index (χ1v) is 9.38. The van der Waals surface area contributed by atoms with Gasteiger partial charge in [0.1, 0.15) is 17.0 Å². The van der Waals surface area contributed by atoms with Gasteiger partial charge in [-0.1, -0.05) is 30.3 Å². The standard InChI is InChI=1S/C19H20N4OS/c1-22(11-16(24)23-9-5-6-10-23)18-17-15(14-7-3-2-4-8-14)12-25-19(17)21-13-20-18/h2-4,7-8,12-13H,5-6,9-11H2,1H3. The summed E-state index contributed by atoms with van der Waals surface area (Å²) in [6.45, 7) is 2.09. The Morgan fingerprint density at radius 2 is 1.96 bits per heavy atom. The normalized spacial score (nSPS) is 14.2. The van der Waals surface area contributed by atoms with Crippen molar-refractivity contribution in [3.8, 4) is 11.1 Å². The largest absolute Gasteiger partial charge is 0.350 e. The molecule has 2 aromatic heterocycles. The molecule has 0 aliphatic carbocycles. The van der Waals surface area contributed by atoms with Crippen LogP contribution in [0.25, 0.3) is 21.3 Å². The highest BCUT2D eigenvalue weighted by Crippen LogP contribution is 2.37. The van der Waals surface area contributed by atoms with Crippen molar-refractivity contribution in [1.82, 2.24) is 14.9 Å². The number of nitrogens with zero attached hydrogens (tertiary/aromatic N) is 4. The van der Waals surface area contributed by atoms with Crippen LogP contribution in [0.5, 0.6) is 0 Å². The molecule has 1 aliphatic heterocycles. The average Bonchev–Trinajstić information content (AvgIpc) is 3.32. The van der Waals surface area contributed by atoms with E-state index >= 15 is 0 Å². The number of amides is 1. The van der Waals surface area contributed by atoms with E-state index in [9.17, 15) is 4.79 Å². The summed E-state index contributed by atoms with van der Waals surface area (Å²) in [5.41, 5.74) is 2.26. The van der Waals surface area contributed by atoms with Crippen LogP contribution in [0, 0.1) is 0 Å². The van der Waals surface area contributed by atoms with Gasteiger partial charge in [0.2, 0.25) is 5.91 Å². The SMILES string of the molecule is CN(CC(=O)N1CCCC1)c1ncnc2scc(-c3ccccc3)c12. The minimum absolute atomic E-state index is 0.170. The molecule has 1 fully saturated rings. The highest BCUT2D eigenvalue weighted by molar-refractivity contribution is 7.17. The third-order valence-corrected chi connectivity index (χ3v) is 5.51. The van der Waals surface area contributed by atoms with Crippen LogP contribution < -0.4 is 4.90 Å². The number of likely N-dealkylation sites (tertiary alicyclic amines) is 1. The average molecular weight is 352 g/mol. The predicted molar refractivity (Wildman–Crippen MR) is 102 cm³/mol.